The van der Waals surface area contributed by atoms with Gasteiger partial charge >= 0.3 is 29.6 Å². The van der Waals surface area contributed by atoms with Gasteiger partial charge in [0.2, 0.25) is 0 Å². The van der Waals surface area contributed by atoms with Gasteiger partial charge in [-0.3, -0.25) is 0 Å². The van der Waals surface area contributed by atoms with Crippen molar-refractivity contribution in [1.29, 1.82) is 0 Å². The number of hydrogen-bond acceptors (Lipinski definition) is 7. The molecule has 78 valence electrons. The second-order valence-corrected chi connectivity index (χ2v) is 2.90. The Morgan fingerprint density at radius 3 is 1.86 bits per heavy atom. The maximum absolute atomic E-state index is 10.4. The summed E-state index contributed by atoms with van der Waals surface area (Å²) < 4.78 is 0. The molecule has 4 unspecified atom stereocenters. The van der Waals surface area contributed by atoms with Gasteiger partial charge in [-0.25, -0.2) is 0 Å². The summed E-state index contributed by atoms with van der Waals surface area (Å²) in [6.45, 7) is -0.795. The quantitative estimate of drug-likeness (QED) is 0.237. The van der Waals surface area contributed by atoms with Crippen molar-refractivity contribution in [2.45, 2.75) is 24.4 Å². The number of rotatable bonds is 5. The van der Waals surface area contributed by atoms with Gasteiger partial charge in [-0.15, -0.1) is 0 Å². The number of hydrogen-bond donors (Lipinski definition) is 5. The van der Waals surface area contributed by atoms with Crippen molar-refractivity contribution in [3.8, 4) is 0 Å². The van der Waals surface area contributed by atoms with Crippen LogP contribution in [-0.4, -0.2) is 61.7 Å². The molecule has 0 rings (SSSR count). The Bertz CT molecular complexity index is 180. The summed E-state index contributed by atoms with van der Waals surface area (Å²) in [5.41, 5.74) is 0. The van der Waals surface area contributed by atoms with Crippen LogP contribution in [0.2, 0.25) is 0 Å². The van der Waals surface area contributed by atoms with Gasteiger partial charge in [0.15, 0.2) is 0 Å². The fourth-order valence-corrected chi connectivity index (χ4v) is 0.801. The molecule has 0 heterocycles. The standard InChI is InChI=1S/C6H12O6S.Na/c7-1-2(8)3(9)4(10)5(11)6(12)13;/h2-5,7-11H,1H2,(H,12,13);/q;+1/p-1. The number of carbonyl (C=O) groups is 1. The van der Waals surface area contributed by atoms with Crippen molar-refractivity contribution in [2.75, 3.05) is 6.61 Å². The molecule has 0 fully saturated rings. The third-order valence-corrected chi connectivity index (χ3v) is 1.74. The third-order valence-electron chi connectivity index (χ3n) is 1.50. The van der Waals surface area contributed by atoms with Crippen LogP contribution in [0.3, 0.4) is 0 Å². The Labute approximate surface area is 108 Å². The molecule has 0 aliphatic heterocycles. The second kappa shape index (κ2) is 7.91. The molecule has 0 amide bonds. The van der Waals surface area contributed by atoms with Crippen molar-refractivity contribution in [3.05, 3.63) is 0 Å². The molecular weight excluding hydrogens is 223 g/mol. The molecule has 0 radical (unpaired) electrons. The molecule has 0 bridgehead atoms. The van der Waals surface area contributed by atoms with E-state index in [0.29, 0.717) is 0 Å². The predicted molar refractivity (Wildman–Crippen MR) is 43.5 cm³/mol. The summed E-state index contributed by atoms with van der Waals surface area (Å²) in [6, 6.07) is 0. The maximum atomic E-state index is 10.4. The minimum atomic E-state index is -1.94. The van der Waals surface area contributed by atoms with E-state index in [0.717, 1.165) is 0 Å². The first-order valence-corrected chi connectivity index (χ1v) is 3.86. The Morgan fingerprint density at radius 1 is 1.14 bits per heavy atom. The summed E-state index contributed by atoms with van der Waals surface area (Å²) in [5.74, 6) is 0. The van der Waals surface area contributed by atoms with E-state index in [4.69, 9.17) is 25.5 Å². The van der Waals surface area contributed by atoms with Crippen molar-refractivity contribution in [2.24, 2.45) is 0 Å². The Hall–Kier alpha value is 0.690. The van der Waals surface area contributed by atoms with E-state index in [-0.39, 0.29) is 29.6 Å². The summed E-state index contributed by atoms with van der Waals surface area (Å²) in [7, 11) is 0. The van der Waals surface area contributed by atoms with E-state index < -0.39 is 36.1 Å². The second-order valence-electron chi connectivity index (χ2n) is 2.49. The molecule has 0 spiro atoms. The fraction of sp³-hybridized carbons (Fsp3) is 0.833. The van der Waals surface area contributed by atoms with Crippen LogP contribution in [-0.2, 0) is 17.4 Å². The zero-order valence-electron chi connectivity index (χ0n) is 7.57. The van der Waals surface area contributed by atoms with Crippen molar-refractivity contribution in [1.82, 2.24) is 0 Å². The van der Waals surface area contributed by atoms with Crippen LogP contribution in [0, 0.1) is 0 Å². The van der Waals surface area contributed by atoms with Crippen LogP contribution in [0.5, 0.6) is 0 Å². The first-order chi connectivity index (χ1) is 5.91. The van der Waals surface area contributed by atoms with Gasteiger partial charge in [0.05, 0.1) is 6.61 Å². The van der Waals surface area contributed by atoms with Crippen LogP contribution in [0.25, 0.3) is 0 Å². The zero-order valence-corrected chi connectivity index (χ0v) is 10.4. The van der Waals surface area contributed by atoms with Crippen molar-refractivity contribution >= 4 is 17.7 Å². The van der Waals surface area contributed by atoms with Gasteiger partial charge < -0.3 is 43.0 Å². The SMILES string of the molecule is O=C([S-])C(O)C(O)C(O)C(O)CO.[Na+]. The van der Waals surface area contributed by atoms with E-state index in [1.165, 1.54) is 0 Å². The molecule has 0 aromatic rings. The smallest absolute Gasteiger partial charge is 0.739 e. The molecule has 8 heteroatoms. The van der Waals surface area contributed by atoms with Crippen LogP contribution in [0.1, 0.15) is 0 Å². The number of carbonyl (C=O) groups excluding carboxylic acids is 1. The molecule has 5 N–H and O–H groups in total. The van der Waals surface area contributed by atoms with Gasteiger partial charge in [0, 0.05) is 5.12 Å². The van der Waals surface area contributed by atoms with Gasteiger partial charge in [-0.05, 0) is 0 Å². The van der Waals surface area contributed by atoms with Gasteiger partial charge in [-0.1, -0.05) is 0 Å². The van der Waals surface area contributed by atoms with Crippen LogP contribution < -0.4 is 29.6 Å². The van der Waals surface area contributed by atoms with Crippen molar-refractivity contribution in [3.63, 3.8) is 0 Å². The topological polar surface area (TPSA) is 118 Å². The first-order valence-electron chi connectivity index (χ1n) is 3.45. The Morgan fingerprint density at radius 2 is 1.57 bits per heavy atom. The van der Waals surface area contributed by atoms with E-state index in [9.17, 15) is 4.79 Å². The Balaban J connectivity index is 0. The predicted octanol–water partition coefficient (Wildman–Crippen LogP) is -6.50. The summed E-state index contributed by atoms with van der Waals surface area (Å²) in [4.78, 5) is 10.4. The van der Waals surface area contributed by atoms with Crippen LogP contribution >= 0.6 is 0 Å². The van der Waals surface area contributed by atoms with E-state index in [1.54, 1.807) is 0 Å². The molecule has 0 aromatic heterocycles. The minimum Gasteiger partial charge on any atom is -0.739 e. The molecule has 14 heavy (non-hydrogen) atoms. The summed E-state index contributed by atoms with van der Waals surface area (Å²) in [6.07, 6.45) is -7.27. The molecule has 0 aliphatic carbocycles. The number of aliphatic hydroxyl groups is 5. The third kappa shape index (κ3) is 4.96. The molecule has 0 saturated heterocycles. The minimum absolute atomic E-state index is 0. The molecule has 0 aliphatic rings. The summed E-state index contributed by atoms with van der Waals surface area (Å²) >= 11 is 4.02. The van der Waals surface area contributed by atoms with Gasteiger partial charge in [0.1, 0.15) is 24.4 Å². The molecule has 4 atom stereocenters. The normalized spacial score (nSPS) is 18.9. The molecule has 0 saturated carbocycles. The van der Waals surface area contributed by atoms with E-state index in [2.05, 4.69) is 12.6 Å². The van der Waals surface area contributed by atoms with E-state index in [1.807, 2.05) is 0 Å². The van der Waals surface area contributed by atoms with Crippen LogP contribution in [0.15, 0.2) is 0 Å². The van der Waals surface area contributed by atoms with E-state index >= 15 is 0 Å². The zero-order chi connectivity index (χ0) is 10.6. The fourth-order valence-electron chi connectivity index (χ4n) is 0.662. The Kier molecular flexibility index (Phi) is 9.66. The van der Waals surface area contributed by atoms with Gasteiger partial charge in [-0.2, -0.15) is 0 Å². The van der Waals surface area contributed by atoms with Crippen LogP contribution in [0.4, 0.5) is 0 Å². The molecule has 6 nitrogen and oxygen atoms in total. The first kappa shape index (κ1) is 17.1. The number of aliphatic hydroxyl groups excluding tert-OH is 5. The average molecular weight is 234 g/mol. The maximum Gasteiger partial charge on any atom is 1.00 e. The molecular formula is C6H11NaO6S. The monoisotopic (exact) mass is 234 g/mol. The largest absolute Gasteiger partial charge is 1.00 e. The van der Waals surface area contributed by atoms with Gasteiger partial charge in [0.25, 0.3) is 0 Å². The molecule has 0 aromatic carbocycles. The van der Waals surface area contributed by atoms with Crippen molar-refractivity contribution < 1.29 is 59.9 Å². The summed E-state index contributed by atoms with van der Waals surface area (Å²) in [5, 5.41) is 42.9. The average Bonchev–Trinajstić information content (AvgIpc) is 2.12.